The molecule has 0 radical (unpaired) electrons. The highest BCUT2D eigenvalue weighted by Crippen LogP contribution is 2.03. The van der Waals surface area contributed by atoms with Crippen LogP contribution >= 0.6 is 12.6 Å². The second-order valence-corrected chi connectivity index (χ2v) is 4.42. The maximum atomic E-state index is 4.22. The van der Waals surface area contributed by atoms with Gasteiger partial charge >= 0.3 is 0 Å². The van der Waals surface area contributed by atoms with Crippen LogP contribution in [0, 0.1) is 0 Å². The average molecular weight is 223 g/mol. The van der Waals surface area contributed by atoms with E-state index in [4.69, 9.17) is 0 Å². The predicted octanol–water partition coefficient (Wildman–Crippen LogP) is 2.87. The number of thiol groups is 1. The highest BCUT2D eigenvalue weighted by Gasteiger charge is 1.97. The number of rotatable bonds is 7. The van der Waals surface area contributed by atoms with E-state index in [9.17, 15) is 0 Å². The van der Waals surface area contributed by atoms with Gasteiger partial charge in [-0.15, -0.1) is 0 Å². The normalized spacial score (nSPS) is 10.9. The van der Waals surface area contributed by atoms with Gasteiger partial charge in [-0.2, -0.15) is 12.6 Å². The molecule has 0 unspecified atom stereocenters. The van der Waals surface area contributed by atoms with Crippen molar-refractivity contribution in [2.45, 2.75) is 19.3 Å². The second kappa shape index (κ2) is 7.77. The highest BCUT2D eigenvalue weighted by molar-refractivity contribution is 7.80. The third-order valence-corrected chi connectivity index (χ3v) is 2.86. The molecular formula is C13H21NS. The molecule has 2 heteroatoms. The molecule has 0 atom stereocenters. The molecular weight excluding hydrogens is 202 g/mol. The minimum Gasteiger partial charge on any atom is -0.306 e. The van der Waals surface area contributed by atoms with Crippen molar-refractivity contribution in [1.82, 2.24) is 4.90 Å². The van der Waals surface area contributed by atoms with Crippen molar-refractivity contribution in [3.63, 3.8) is 0 Å². The van der Waals surface area contributed by atoms with Crippen molar-refractivity contribution in [2.75, 3.05) is 25.9 Å². The summed E-state index contributed by atoms with van der Waals surface area (Å²) in [5, 5.41) is 0. The molecule has 1 rings (SSSR count). The standard InChI is InChI=1S/C13H21NS/c1-14(11-6-12-15)10-5-9-13-7-3-2-4-8-13/h2-4,7-8,15H,5-6,9-12H2,1H3. The van der Waals surface area contributed by atoms with Gasteiger partial charge in [0.05, 0.1) is 0 Å². The van der Waals surface area contributed by atoms with E-state index >= 15 is 0 Å². The summed E-state index contributed by atoms with van der Waals surface area (Å²) in [5.74, 6) is 0.989. The van der Waals surface area contributed by atoms with Gasteiger partial charge in [-0.25, -0.2) is 0 Å². The topological polar surface area (TPSA) is 3.24 Å². The summed E-state index contributed by atoms with van der Waals surface area (Å²) in [6.45, 7) is 2.35. The Labute approximate surface area is 98.9 Å². The lowest BCUT2D eigenvalue weighted by atomic mass is 10.1. The second-order valence-electron chi connectivity index (χ2n) is 3.97. The Morgan fingerprint density at radius 2 is 1.73 bits per heavy atom. The Balaban J connectivity index is 2.11. The molecule has 0 saturated carbocycles. The molecule has 0 N–H and O–H groups in total. The van der Waals surface area contributed by atoms with Gasteiger partial charge in [0, 0.05) is 0 Å². The van der Waals surface area contributed by atoms with Crippen LogP contribution in [-0.4, -0.2) is 30.8 Å². The van der Waals surface area contributed by atoms with Crippen LogP contribution in [0.15, 0.2) is 30.3 Å². The zero-order valence-electron chi connectivity index (χ0n) is 9.52. The molecule has 0 aliphatic heterocycles. The summed E-state index contributed by atoms with van der Waals surface area (Å²) < 4.78 is 0. The maximum absolute atomic E-state index is 4.22. The fraction of sp³-hybridized carbons (Fsp3) is 0.538. The summed E-state index contributed by atoms with van der Waals surface area (Å²) >= 11 is 4.22. The summed E-state index contributed by atoms with van der Waals surface area (Å²) in [4.78, 5) is 2.39. The Morgan fingerprint density at radius 3 is 2.40 bits per heavy atom. The molecule has 0 aliphatic carbocycles. The van der Waals surface area contributed by atoms with Crippen LogP contribution in [0.3, 0.4) is 0 Å². The van der Waals surface area contributed by atoms with Crippen LogP contribution in [0.5, 0.6) is 0 Å². The molecule has 0 heterocycles. The number of benzene rings is 1. The Bertz CT molecular complexity index is 248. The predicted molar refractivity (Wildman–Crippen MR) is 70.7 cm³/mol. The first-order chi connectivity index (χ1) is 7.33. The first-order valence-electron chi connectivity index (χ1n) is 5.66. The van der Waals surface area contributed by atoms with Crippen molar-refractivity contribution < 1.29 is 0 Å². The molecule has 1 nitrogen and oxygen atoms in total. The van der Waals surface area contributed by atoms with E-state index in [1.54, 1.807) is 0 Å². The van der Waals surface area contributed by atoms with E-state index in [0.717, 1.165) is 12.3 Å². The molecule has 0 bridgehead atoms. The summed E-state index contributed by atoms with van der Waals surface area (Å²) in [6, 6.07) is 10.7. The fourth-order valence-corrected chi connectivity index (χ4v) is 1.79. The van der Waals surface area contributed by atoms with E-state index in [1.807, 2.05) is 0 Å². The van der Waals surface area contributed by atoms with Gasteiger partial charge in [-0.05, 0) is 50.7 Å². The molecule has 1 aromatic carbocycles. The van der Waals surface area contributed by atoms with Gasteiger partial charge in [-0.3, -0.25) is 0 Å². The third kappa shape index (κ3) is 5.85. The third-order valence-electron chi connectivity index (χ3n) is 2.55. The van der Waals surface area contributed by atoms with Gasteiger partial charge in [0.2, 0.25) is 0 Å². The smallest absolute Gasteiger partial charge is 0.00140 e. The largest absolute Gasteiger partial charge is 0.306 e. The molecule has 0 aromatic heterocycles. The maximum Gasteiger partial charge on any atom is -0.00140 e. The quantitative estimate of drug-likeness (QED) is 0.696. The molecule has 0 amide bonds. The van der Waals surface area contributed by atoms with Gasteiger partial charge in [0.15, 0.2) is 0 Å². The van der Waals surface area contributed by atoms with E-state index in [0.29, 0.717) is 0 Å². The van der Waals surface area contributed by atoms with Crippen molar-refractivity contribution >= 4 is 12.6 Å². The zero-order chi connectivity index (χ0) is 10.9. The molecule has 0 aliphatic rings. The summed E-state index contributed by atoms with van der Waals surface area (Å²) in [5.41, 5.74) is 1.44. The van der Waals surface area contributed by atoms with Gasteiger partial charge in [0.1, 0.15) is 0 Å². The average Bonchev–Trinajstić information content (AvgIpc) is 2.28. The van der Waals surface area contributed by atoms with Crippen molar-refractivity contribution in [3.05, 3.63) is 35.9 Å². The van der Waals surface area contributed by atoms with Crippen LogP contribution in [0.4, 0.5) is 0 Å². The number of hydrogen-bond acceptors (Lipinski definition) is 2. The van der Waals surface area contributed by atoms with E-state index in [2.05, 4.69) is 54.9 Å². The van der Waals surface area contributed by atoms with E-state index in [-0.39, 0.29) is 0 Å². The van der Waals surface area contributed by atoms with Gasteiger partial charge in [-0.1, -0.05) is 30.3 Å². The van der Waals surface area contributed by atoms with Crippen molar-refractivity contribution in [2.24, 2.45) is 0 Å². The zero-order valence-corrected chi connectivity index (χ0v) is 10.4. The minimum atomic E-state index is 0.989. The summed E-state index contributed by atoms with van der Waals surface area (Å²) in [7, 11) is 2.19. The van der Waals surface area contributed by atoms with Crippen LogP contribution in [0.25, 0.3) is 0 Å². The first-order valence-corrected chi connectivity index (χ1v) is 6.29. The number of hydrogen-bond donors (Lipinski definition) is 1. The Kier molecular flexibility index (Phi) is 6.53. The van der Waals surface area contributed by atoms with E-state index in [1.165, 1.54) is 31.4 Å². The molecule has 0 spiro atoms. The van der Waals surface area contributed by atoms with Crippen LogP contribution < -0.4 is 0 Å². The van der Waals surface area contributed by atoms with Crippen molar-refractivity contribution in [3.8, 4) is 0 Å². The van der Waals surface area contributed by atoms with Gasteiger partial charge in [0.25, 0.3) is 0 Å². The first kappa shape index (κ1) is 12.6. The highest BCUT2D eigenvalue weighted by atomic mass is 32.1. The summed E-state index contributed by atoms with van der Waals surface area (Å²) in [6.07, 6.45) is 3.62. The SMILES string of the molecule is CN(CCCS)CCCc1ccccc1. The lowest BCUT2D eigenvalue weighted by Gasteiger charge is -2.15. The molecule has 84 valence electrons. The fourth-order valence-electron chi connectivity index (χ4n) is 1.65. The van der Waals surface area contributed by atoms with E-state index < -0.39 is 0 Å². The number of aryl methyl sites for hydroxylation is 1. The van der Waals surface area contributed by atoms with Crippen LogP contribution in [-0.2, 0) is 6.42 Å². The minimum absolute atomic E-state index is 0.989. The lowest BCUT2D eigenvalue weighted by molar-refractivity contribution is 0.331. The Morgan fingerprint density at radius 1 is 1.07 bits per heavy atom. The Hall–Kier alpha value is -0.470. The van der Waals surface area contributed by atoms with Gasteiger partial charge < -0.3 is 4.90 Å². The number of nitrogens with zero attached hydrogens (tertiary/aromatic N) is 1. The monoisotopic (exact) mass is 223 g/mol. The molecule has 15 heavy (non-hydrogen) atoms. The van der Waals surface area contributed by atoms with Crippen molar-refractivity contribution in [1.29, 1.82) is 0 Å². The van der Waals surface area contributed by atoms with Crippen LogP contribution in [0.2, 0.25) is 0 Å². The molecule has 1 aromatic rings. The van der Waals surface area contributed by atoms with Crippen LogP contribution in [0.1, 0.15) is 18.4 Å². The molecule has 0 fully saturated rings. The lowest BCUT2D eigenvalue weighted by Crippen LogP contribution is -2.21. The molecule has 0 saturated heterocycles.